The lowest BCUT2D eigenvalue weighted by atomic mass is 10.3. The molecule has 0 fully saturated rings. The summed E-state index contributed by atoms with van der Waals surface area (Å²) in [7, 11) is -0.903. The van der Waals surface area contributed by atoms with E-state index < -0.39 is 29.1 Å². The maximum absolute atomic E-state index is 10.9. The molecule has 0 saturated carbocycles. The third-order valence-electron chi connectivity index (χ3n) is 1.75. The molecule has 0 aliphatic heterocycles. The maximum atomic E-state index is 10.9. The highest BCUT2D eigenvalue weighted by atomic mass is 32.2. The van der Waals surface area contributed by atoms with E-state index in [1.165, 1.54) is 0 Å². The third-order valence-corrected chi connectivity index (χ3v) is 3.12. The molecule has 0 heterocycles. The van der Waals surface area contributed by atoms with Crippen LogP contribution in [0.25, 0.3) is 0 Å². The zero-order valence-corrected chi connectivity index (χ0v) is 9.10. The highest BCUT2D eigenvalue weighted by Gasteiger charge is 2.09. The van der Waals surface area contributed by atoms with Crippen molar-refractivity contribution in [3.05, 3.63) is 0 Å². The van der Waals surface area contributed by atoms with Crippen LogP contribution in [-0.2, 0) is 20.4 Å². The number of carboxylic acid groups (broad SMARTS) is 1. The van der Waals surface area contributed by atoms with Crippen molar-refractivity contribution in [2.75, 3.05) is 12.8 Å². The van der Waals surface area contributed by atoms with Gasteiger partial charge in [-0.1, -0.05) is 6.92 Å². The molecule has 0 bridgehead atoms. The van der Waals surface area contributed by atoms with Crippen LogP contribution in [0.2, 0.25) is 0 Å². The first-order valence-corrected chi connectivity index (χ1v) is 5.86. The lowest BCUT2D eigenvalue weighted by molar-refractivity contribution is -0.140. The number of carbonyl (C=O) groups is 2. The Kier molecular flexibility index (Phi) is 6.11. The summed E-state index contributed by atoms with van der Waals surface area (Å²) in [6.07, 6.45) is 1.68. The number of hydrogen-bond acceptors (Lipinski definition) is 3. The fraction of sp³-hybridized carbons (Fsp3) is 0.750. The summed E-state index contributed by atoms with van der Waals surface area (Å²) >= 11 is 0. The van der Waals surface area contributed by atoms with Crippen LogP contribution in [-0.4, -0.2) is 39.2 Å². The monoisotopic (exact) mass is 221 g/mol. The lowest BCUT2D eigenvalue weighted by Crippen LogP contribution is -2.28. The standard InChI is InChI=1S/C8H15NO4S/c1-6(14(2)13)3-4-9-7(10)5-8(11)12/h6H,3-5H2,1-2H3,(H,9,10)(H,11,12). The zero-order chi connectivity index (χ0) is 11.1. The Morgan fingerprint density at radius 3 is 2.50 bits per heavy atom. The molecule has 0 rings (SSSR count). The zero-order valence-electron chi connectivity index (χ0n) is 8.28. The van der Waals surface area contributed by atoms with Gasteiger partial charge in [0.05, 0.1) is 0 Å². The fourth-order valence-corrected chi connectivity index (χ4v) is 1.23. The molecule has 0 aliphatic carbocycles. The van der Waals surface area contributed by atoms with Crippen LogP contribution in [0.15, 0.2) is 0 Å². The van der Waals surface area contributed by atoms with Crippen molar-refractivity contribution in [3.8, 4) is 0 Å². The summed E-state index contributed by atoms with van der Waals surface area (Å²) in [5, 5.41) is 10.7. The van der Waals surface area contributed by atoms with Crippen LogP contribution in [0.3, 0.4) is 0 Å². The molecule has 14 heavy (non-hydrogen) atoms. The Balaban J connectivity index is 3.59. The molecular weight excluding hydrogens is 206 g/mol. The predicted molar refractivity (Wildman–Crippen MR) is 53.4 cm³/mol. The van der Waals surface area contributed by atoms with E-state index in [4.69, 9.17) is 5.11 Å². The van der Waals surface area contributed by atoms with Gasteiger partial charge in [-0.15, -0.1) is 0 Å². The molecule has 2 atom stereocenters. The van der Waals surface area contributed by atoms with Crippen molar-refractivity contribution < 1.29 is 18.9 Å². The van der Waals surface area contributed by atoms with Gasteiger partial charge in [0.1, 0.15) is 6.42 Å². The normalized spacial score (nSPS) is 14.4. The largest absolute Gasteiger partial charge is 0.481 e. The van der Waals surface area contributed by atoms with E-state index in [0.717, 1.165) is 0 Å². The van der Waals surface area contributed by atoms with Crippen LogP contribution < -0.4 is 5.32 Å². The van der Waals surface area contributed by atoms with Crippen LogP contribution in [0.1, 0.15) is 19.8 Å². The summed E-state index contributed by atoms with van der Waals surface area (Å²) < 4.78 is 10.9. The highest BCUT2D eigenvalue weighted by molar-refractivity contribution is 7.84. The van der Waals surface area contributed by atoms with Gasteiger partial charge in [0.2, 0.25) is 5.91 Å². The number of hydrogen-bond donors (Lipinski definition) is 2. The van der Waals surface area contributed by atoms with Gasteiger partial charge in [-0.2, -0.15) is 0 Å². The van der Waals surface area contributed by atoms with Crippen LogP contribution in [0.5, 0.6) is 0 Å². The van der Waals surface area contributed by atoms with Crippen molar-refractivity contribution in [3.63, 3.8) is 0 Å². The molecule has 5 nitrogen and oxygen atoms in total. The molecule has 0 aromatic rings. The second kappa shape index (κ2) is 6.53. The van der Waals surface area contributed by atoms with Crippen molar-refractivity contribution in [1.82, 2.24) is 5.32 Å². The van der Waals surface area contributed by atoms with E-state index in [1.807, 2.05) is 6.92 Å². The van der Waals surface area contributed by atoms with Gasteiger partial charge in [-0.3, -0.25) is 13.8 Å². The molecule has 1 amide bonds. The summed E-state index contributed by atoms with van der Waals surface area (Å²) in [5.41, 5.74) is 0. The minimum absolute atomic E-state index is 0.0140. The Hall–Kier alpha value is -0.910. The molecule has 2 N–H and O–H groups in total. The van der Waals surface area contributed by atoms with E-state index in [0.29, 0.717) is 13.0 Å². The third kappa shape index (κ3) is 6.59. The quantitative estimate of drug-likeness (QED) is 0.605. The molecular formula is C8H15NO4S. The SMILES string of the molecule is CC(CCNC(=O)CC(=O)O)S(C)=O. The van der Waals surface area contributed by atoms with Gasteiger partial charge < -0.3 is 10.4 Å². The summed E-state index contributed by atoms with van der Waals surface area (Å²) in [6, 6.07) is 0. The first-order chi connectivity index (χ1) is 6.43. The Morgan fingerprint density at radius 2 is 2.07 bits per heavy atom. The van der Waals surface area contributed by atoms with E-state index in [2.05, 4.69) is 5.32 Å². The average molecular weight is 221 g/mol. The maximum Gasteiger partial charge on any atom is 0.312 e. The highest BCUT2D eigenvalue weighted by Crippen LogP contribution is 1.97. The van der Waals surface area contributed by atoms with E-state index in [1.54, 1.807) is 6.26 Å². The molecule has 0 radical (unpaired) electrons. The van der Waals surface area contributed by atoms with Crippen LogP contribution in [0.4, 0.5) is 0 Å². The van der Waals surface area contributed by atoms with Crippen molar-refractivity contribution in [1.29, 1.82) is 0 Å². The van der Waals surface area contributed by atoms with E-state index in [-0.39, 0.29) is 5.25 Å². The summed E-state index contributed by atoms with van der Waals surface area (Å²) in [4.78, 5) is 20.9. The Bertz CT molecular complexity index is 241. The van der Waals surface area contributed by atoms with E-state index in [9.17, 15) is 13.8 Å². The molecule has 0 aromatic heterocycles. The van der Waals surface area contributed by atoms with Crippen molar-refractivity contribution in [2.45, 2.75) is 25.0 Å². The summed E-state index contributed by atoms with van der Waals surface area (Å²) in [5.74, 6) is -1.65. The smallest absolute Gasteiger partial charge is 0.312 e. The number of amides is 1. The minimum atomic E-state index is -1.14. The second-order valence-corrected chi connectivity index (χ2v) is 4.82. The number of nitrogens with one attached hydrogen (secondary N) is 1. The summed E-state index contributed by atoms with van der Waals surface area (Å²) in [6.45, 7) is 2.19. The topological polar surface area (TPSA) is 83.5 Å². The molecule has 0 spiro atoms. The van der Waals surface area contributed by atoms with Gasteiger partial charge in [-0.05, 0) is 6.42 Å². The number of carboxylic acids is 1. The Labute approximate surface area is 85.3 Å². The van der Waals surface area contributed by atoms with Crippen LogP contribution in [0, 0.1) is 0 Å². The number of aliphatic carboxylic acids is 1. The van der Waals surface area contributed by atoms with Gasteiger partial charge in [0.25, 0.3) is 0 Å². The molecule has 0 aromatic carbocycles. The molecule has 82 valence electrons. The molecule has 0 aliphatic rings. The average Bonchev–Trinajstić information content (AvgIpc) is 2.02. The first-order valence-electron chi connectivity index (χ1n) is 4.24. The van der Waals surface area contributed by atoms with Crippen molar-refractivity contribution in [2.24, 2.45) is 0 Å². The van der Waals surface area contributed by atoms with E-state index >= 15 is 0 Å². The van der Waals surface area contributed by atoms with Gasteiger partial charge >= 0.3 is 5.97 Å². The second-order valence-electron chi connectivity index (χ2n) is 3.02. The van der Waals surface area contributed by atoms with Gasteiger partial charge in [-0.25, -0.2) is 0 Å². The molecule has 6 heteroatoms. The van der Waals surface area contributed by atoms with Crippen LogP contribution >= 0.6 is 0 Å². The Morgan fingerprint density at radius 1 is 1.50 bits per heavy atom. The molecule has 0 saturated heterocycles. The van der Waals surface area contributed by atoms with Gasteiger partial charge in [0, 0.05) is 28.9 Å². The number of carbonyl (C=O) groups excluding carboxylic acids is 1. The fourth-order valence-electron chi connectivity index (χ4n) is 0.781. The van der Waals surface area contributed by atoms with Crippen molar-refractivity contribution >= 4 is 22.7 Å². The van der Waals surface area contributed by atoms with Gasteiger partial charge in [0.15, 0.2) is 0 Å². The lowest BCUT2D eigenvalue weighted by Gasteiger charge is -2.08. The first kappa shape index (κ1) is 13.1. The number of rotatable bonds is 6. The molecule has 2 unspecified atom stereocenters. The minimum Gasteiger partial charge on any atom is -0.481 e. The predicted octanol–water partition coefficient (Wildman–Crippen LogP) is -0.266.